The van der Waals surface area contributed by atoms with Crippen molar-refractivity contribution in [1.82, 2.24) is 4.90 Å². The van der Waals surface area contributed by atoms with E-state index in [0.29, 0.717) is 30.1 Å². The van der Waals surface area contributed by atoms with Gasteiger partial charge in [0.25, 0.3) is 5.91 Å². The van der Waals surface area contributed by atoms with Crippen molar-refractivity contribution in [3.8, 4) is 5.75 Å². The number of amides is 2. The number of carbonyl (C=O) groups is 3. The second kappa shape index (κ2) is 6.84. The Labute approximate surface area is 146 Å². The highest BCUT2D eigenvalue weighted by Crippen LogP contribution is 2.33. The molecule has 2 heterocycles. The Kier molecular flexibility index (Phi) is 4.76. The van der Waals surface area contributed by atoms with E-state index in [1.165, 1.54) is 11.8 Å². The Morgan fingerprint density at radius 2 is 1.88 bits per heavy atom. The van der Waals surface area contributed by atoms with Gasteiger partial charge in [0.1, 0.15) is 12.3 Å². The molecular formula is C18H22N2O5. The summed E-state index contributed by atoms with van der Waals surface area (Å²) in [5, 5.41) is 0. The molecule has 2 atom stereocenters. The first-order valence-electron chi connectivity index (χ1n) is 8.36. The van der Waals surface area contributed by atoms with Gasteiger partial charge >= 0.3 is 0 Å². The highest BCUT2D eigenvalue weighted by atomic mass is 16.5. The third-order valence-electron chi connectivity index (χ3n) is 4.37. The van der Waals surface area contributed by atoms with Gasteiger partial charge in [-0.05, 0) is 39.0 Å². The first-order valence-corrected chi connectivity index (χ1v) is 8.36. The fraction of sp³-hybridized carbons (Fsp3) is 0.500. The third kappa shape index (κ3) is 3.66. The van der Waals surface area contributed by atoms with Gasteiger partial charge in [-0.1, -0.05) is 0 Å². The van der Waals surface area contributed by atoms with E-state index in [4.69, 9.17) is 9.47 Å². The molecule has 0 bridgehead atoms. The van der Waals surface area contributed by atoms with Crippen molar-refractivity contribution in [1.29, 1.82) is 0 Å². The molecule has 0 N–H and O–H groups in total. The lowest BCUT2D eigenvalue weighted by atomic mass is 10.1. The lowest BCUT2D eigenvalue weighted by Gasteiger charge is -2.37. The molecule has 2 aliphatic heterocycles. The Morgan fingerprint density at radius 3 is 2.52 bits per heavy atom. The number of ether oxygens (including phenoxy) is 2. The van der Waals surface area contributed by atoms with Crippen molar-refractivity contribution in [3.05, 3.63) is 23.8 Å². The standard InChI is InChI=1S/C18H22N2O5/c1-11-7-19(8-12(2)25-11)17(22)9-20-15-6-14(13(3)21)4-5-16(15)24-10-18(20)23/h4-6,11-12H,7-10H2,1-3H3. The lowest BCUT2D eigenvalue weighted by molar-refractivity contribution is -0.142. The summed E-state index contributed by atoms with van der Waals surface area (Å²) in [4.78, 5) is 39.8. The number of benzene rings is 1. The van der Waals surface area contributed by atoms with Crippen LogP contribution in [-0.4, -0.2) is 60.9 Å². The molecule has 0 radical (unpaired) electrons. The Morgan fingerprint density at radius 1 is 1.20 bits per heavy atom. The van der Waals surface area contributed by atoms with Crippen LogP contribution in [0, 0.1) is 0 Å². The van der Waals surface area contributed by atoms with E-state index in [0.717, 1.165) is 0 Å². The normalized spacial score (nSPS) is 23.1. The molecule has 0 aromatic heterocycles. The van der Waals surface area contributed by atoms with E-state index in [1.54, 1.807) is 23.1 Å². The third-order valence-corrected chi connectivity index (χ3v) is 4.37. The predicted octanol–water partition coefficient (Wildman–Crippen LogP) is 1.25. The number of fused-ring (bicyclic) bond motifs is 1. The van der Waals surface area contributed by atoms with Crippen LogP contribution in [0.3, 0.4) is 0 Å². The SMILES string of the molecule is CC(=O)c1ccc2c(c1)N(CC(=O)N1CC(C)OC(C)C1)C(=O)CO2. The predicted molar refractivity (Wildman–Crippen MR) is 90.9 cm³/mol. The van der Waals surface area contributed by atoms with Crippen LogP contribution in [-0.2, 0) is 14.3 Å². The minimum atomic E-state index is -0.295. The van der Waals surface area contributed by atoms with Crippen LogP contribution in [0.5, 0.6) is 5.75 Å². The van der Waals surface area contributed by atoms with Crippen molar-refractivity contribution >= 4 is 23.3 Å². The van der Waals surface area contributed by atoms with Crippen molar-refractivity contribution in [2.45, 2.75) is 33.0 Å². The van der Waals surface area contributed by atoms with E-state index in [1.807, 2.05) is 13.8 Å². The quantitative estimate of drug-likeness (QED) is 0.770. The molecule has 0 aliphatic carbocycles. The van der Waals surface area contributed by atoms with E-state index in [2.05, 4.69) is 0 Å². The largest absolute Gasteiger partial charge is 0.482 e. The Bertz CT molecular complexity index is 707. The summed E-state index contributed by atoms with van der Waals surface area (Å²) in [6, 6.07) is 4.92. The van der Waals surface area contributed by atoms with Gasteiger partial charge in [0.15, 0.2) is 12.4 Å². The molecule has 1 aromatic rings. The Balaban J connectivity index is 1.82. The van der Waals surface area contributed by atoms with Crippen LogP contribution >= 0.6 is 0 Å². The number of carbonyl (C=O) groups excluding carboxylic acids is 3. The maximum Gasteiger partial charge on any atom is 0.265 e. The summed E-state index contributed by atoms with van der Waals surface area (Å²) in [5.41, 5.74) is 0.940. The highest BCUT2D eigenvalue weighted by molar-refractivity contribution is 6.04. The van der Waals surface area contributed by atoms with Gasteiger partial charge in [-0.2, -0.15) is 0 Å². The number of hydrogen-bond acceptors (Lipinski definition) is 5. The molecule has 3 rings (SSSR count). The lowest BCUT2D eigenvalue weighted by Crippen LogP contribution is -2.52. The molecule has 2 amide bonds. The number of Topliss-reactive ketones (excluding diaryl/α,β-unsaturated/α-hetero) is 1. The van der Waals surface area contributed by atoms with Crippen molar-refractivity contribution in [2.24, 2.45) is 0 Å². The molecule has 1 aromatic carbocycles. The first-order chi connectivity index (χ1) is 11.8. The first kappa shape index (κ1) is 17.4. The zero-order valence-corrected chi connectivity index (χ0v) is 14.7. The van der Waals surface area contributed by atoms with E-state index in [-0.39, 0.29) is 43.0 Å². The van der Waals surface area contributed by atoms with E-state index in [9.17, 15) is 14.4 Å². The van der Waals surface area contributed by atoms with Crippen molar-refractivity contribution < 1.29 is 23.9 Å². The van der Waals surface area contributed by atoms with E-state index < -0.39 is 0 Å². The zero-order valence-electron chi connectivity index (χ0n) is 14.7. The molecule has 7 heteroatoms. The molecule has 0 spiro atoms. The fourth-order valence-corrected chi connectivity index (χ4v) is 3.21. The monoisotopic (exact) mass is 346 g/mol. The summed E-state index contributed by atoms with van der Waals surface area (Å²) in [6.45, 7) is 6.11. The van der Waals surface area contributed by atoms with Gasteiger partial charge in [-0.3, -0.25) is 19.3 Å². The number of nitrogens with zero attached hydrogens (tertiary/aromatic N) is 2. The molecule has 1 fully saturated rings. The minimum absolute atomic E-state index is 0.0373. The molecule has 0 saturated carbocycles. The molecule has 134 valence electrons. The summed E-state index contributed by atoms with van der Waals surface area (Å²) in [5.74, 6) is -0.0450. The fourth-order valence-electron chi connectivity index (χ4n) is 3.21. The zero-order chi connectivity index (χ0) is 18.1. The number of morpholine rings is 1. The topological polar surface area (TPSA) is 76.2 Å². The maximum atomic E-state index is 12.7. The molecule has 1 saturated heterocycles. The van der Waals surface area contributed by atoms with Crippen LogP contribution in [0.15, 0.2) is 18.2 Å². The summed E-state index contributed by atoms with van der Waals surface area (Å²) < 4.78 is 11.1. The second-order valence-electron chi connectivity index (χ2n) is 6.56. The number of anilines is 1. The van der Waals surface area contributed by atoms with E-state index >= 15 is 0 Å². The molecule has 2 aliphatic rings. The van der Waals surface area contributed by atoms with Crippen LogP contribution in [0.25, 0.3) is 0 Å². The van der Waals surface area contributed by atoms with Crippen LogP contribution < -0.4 is 9.64 Å². The van der Waals surface area contributed by atoms with Gasteiger partial charge in [-0.15, -0.1) is 0 Å². The number of rotatable bonds is 3. The molecule has 7 nitrogen and oxygen atoms in total. The van der Waals surface area contributed by atoms with Gasteiger partial charge in [-0.25, -0.2) is 0 Å². The van der Waals surface area contributed by atoms with Gasteiger partial charge < -0.3 is 14.4 Å². The molecular weight excluding hydrogens is 324 g/mol. The second-order valence-corrected chi connectivity index (χ2v) is 6.56. The van der Waals surface area contributed by atoms with Crippen LogP contribution in [0.1, 0.15) is 31.1 Å². The van der Waals surface area contributed by atoms with Gasteiger partial charge in [0.2, 0.25) is 5.91 Å². The summed E-state index contributed by atoms with van der Waals surface area (Å²) in [7, 11) is 0. The van der Waals surface area contributed by atoms with Crippen LogP contribution in [0.2, 0.25) is 0 Å². The number of hydrogen-bond donors (Lipinski definition) is 0. The number of ketones is 1. The summed E-state index contributed by atoms with van der Waals surface area (Å²) in [6.07, 6.45) is -0.0746. The van der Waals surface area contributed by atoms with Gasteiger partial charge in [0.05, 0.1) is 17.9 Å². The van der Waals surface area contributed by atoms with Crippen molar-refractivity contribution in [2.75, 3.05) is 31.1 Å². The highest BCUT2D eigenvalue weighted by Gasteiger charge is 2.32. The molecule has 25 heavy (non-hydrogen) atoms. The average molecular weight is 346 g/mol. The minimum Gasteiger partial charge on any atom is -0.482 e. The molecule has 2 unspecified atom stereocenters. The Hall–Kier alpha value is -2.41. The smallest absolute Gasteiger partial charge is 0.265 e. The van der Waals surface area contributed by atoms with Crippen molar-refractivity contribution in [3.63, 3.8) is 0 Å². The summed E-state index contributed by atoms with van der Waals surface area (Å²) >= 11 is 0. The van der Waals surface area contributed by atoms with Gasteiger partial charge in [0, 0.05) is 18.7 Å². The average Bonchev–Trinajstić information content (AvgIpc) is 2.56. The van der Waals surface area contributed by atoms with Crippen LogP contribution in [0.4, 0.5) is 5.69 Å². The maximum absolute atomic E-state index is 12.7.